The number of primary amides is 1. The Labute approximate surface area is 150 Å². The van der Waals surface area contributed by atoms with E-state index >= 15 is 0 Å². The minimum absolute atomic E-state index is 0.120. The van der Waals surface area contributed by atoms with Crippen LogP contribution in [0.25, 0.3) is 0 Å². The first kappa shape index (κ1) is 19.9. The van der Waals surface area contributed by atoms with Crippen LogP contribution in [-0.4, -0.2) is 20.7 Å². The van der Waals surface area contributed by atoms with E-state index in [0.29, 0.717) is 5.56 Å². The summed E-state index contributed by atoms with van der Waals surface area (Å²) in [6, 6.07) is 4.91. The number of halogens is 3. The van der Waals surface area contributed by atoms with Crippen molar-refractivity contribution in [2.75, 3.05) is 0 Å². The van der Waals surface area contributed by atoms with Crippen LogP contribution in [-0.2, 0) is 22.9 Å². The highest BCUT2D eigenvalue weighted by atomic mass is 19.4. The van der Waals surface area contributed by atoms with Crippen molar-refractivity contribution in [1.29, 1.82) is 0 Å². The Morgan fingerprint density at radius 1 is 1.15 bits per heavy atom. The van der Waals surface area contributed by atoms with Gasteiger partial charge in [-0.1, -0.05) is 39.8 Å². The lowest BCUT2D eigenvalue weighted by atomic mass is 9.55. The molecule has 1 heterocycles. The quantitative estimate of drug-likeness (QED) is 0.849. The van der Waals surface area contributed by atoms with E-state index in [-0.39, 0.29) is 12.5 Å². The summed E-state index contributed by atoms with van der Waals surface area (Å²) < 4.78 is 40.4. The summed E-state index contributed by atoms with van der Waals surface area (Å²) in [5, 5.41) is 4.11. The molecule has 1 amide bonds. The zero-order chi connectivity index (χ0) is 19.8. The van der Waals surface area contributed by atoms with Crippen molar-refractivity contribution in [3.63, 3.8) is 0 Å². The SMILES string of the molecule is CC(C)[C@@](Cn1cncn1)(c1ccc(C(F)(F)F)cc1)C(C)(C)C(N)=O. The van der Waals surface area contributed by atoms with Crippen LogP contribution in [0, 0.1) is 11.3 Å². The minimum Gasteiger partial charge on any atom is -0.369 e. The maximum Gasteiger partial charge on any atom is 0.416 e. The fourth-order valence-corrected chi connectivity index (χ4v) is 3.63. The van der Waals surface area contributed by atoms with Gasteiger partial charge in [-0.15, -0.1) is 0 Å². The van der Waals surface area contributed by atoms with Crippen molar-refractivity contribution in [2.24, 2.45) is 17.1 Å². The van der Waals surface area contributed by atoms with Crippen LogP contribution in [0.3, 0.4) is 0 Å². The molecule has 2 aromatic rings. The molecule has 0 radical (unpaired) electrons. The summed E-state index contributed by atoms with van der Waals surface area (Å²) in [4.78, 5) is 16.2. The molecule has 142 valence electrons. The predicted molar refractivity (Wildman–Crippen MR) is 91.0 cm³/mol. The Morgan fingerprint density at radius 2 is 1.69 bits per heavy atom. The molecule has 1 aromatic heterocycles. The number of hydrogen-bond donors (Lipinski definition) is 1. The molecule has 0 aliphatic rings. The van der Waals surface area contributed by atoms with Crippen molar-refractivity contribution >= 4 is 5.91 Å². The molecule has 0 spiro atoms. The summed E-state index contributed by atoms with van der Waals surface area (Å²) in [5.74, 6) is -0.655. The number of hydrogen-bond acceptors (Lipinski definition) is 3. The molecule has 0 unspecified atom stereocenters. The van der Waals surface area contributed by atoms with Crippen LogP contribution in [0.4, 0.5) is 13.2 Å². The van der Waals surface area contributed by atoms with E-state index < -0.39 is 28.5 Å². The van der Waals surface area contributed by atoms with Gasteiger partial charge in [-0.25, -0.2) is 4.98 Å². The molecule has 8 heteroatoms. The highest BCUT2D eigenvalue weighted by molar-refractivity contribution is 5.82. The monoisotopic (exact) mass is 368 g/mol. The molecule has 26 heavy (non-hydrogen) atoms. The highest BCUT2D eigenvalue weighted by Crippen LogP contribution is 2.49. The third-order valence-corrected chi connectivity index (χ3v) is 5.32. The highest BCUT2D eigenvalue weighted by Gasteiger charge is 2.52. The van der Waals surface area contributed by atoms with Crippen molar-refractivity contribution in [3.8, 4) is 0 Å². The third kappa shape index (κ3) is 3.32. The summed E-state index contributed by atoms with van der Waals surface area (Å²) >= 11 is 0. The molecule has 2 N–H and O–H groups in total. The van der Waals surface area contributed by atoms with Gasteiger partial charge in [0.1, 0.15) is 12.7 Å². The Hall–Kier alpha value is -2.38. The lowest BCUT2D eigenvalue weighted by molar-refractivity contribution is -0.137. The first-order valence-electron chi connectivity index (χ1n) is 8.23. The number of carbonyl (C=O) groups is 1. The fraction of sp³-hybridized carbons (Fsp3) is 0.500. The Balaban J connectivity index is 2.67. The molecule has 5 nitrogen and oxygen atoms in total. The molecule has 0 fully saturated rings. The Bertz CT molecular complexity index is 752. The fourth-order valence-electron chi connectivity index (χ4n) is 3.63. The minimum atomic E-state index is -4.43. The molecular weight excluding hydrogens is 345 g/mol. The van der Waals surface area contributed by atoms with Gasteiger partial charge in [-0.05, 0) is 23.6 Å². The van der Waals surface area contributed by atoms with Gasteiger partial charge in [-0.3, -0.25) is 9.48 Å². The summed E-state index contributed by atoms with van der Waals surface area (Å²) in [6.07, 6.45) is -1.54. The largest absolute Gasteiger partial charge is 0.416 e. The number of aromatic nitrogens is 3. The second-order valence-corrected chi connectivity index (χ2v) is 7.28. The van der Waals surface area contributed by atoms with Crippen LogP contribution >= 0.6 is 0 Å². The summed E-state index contributed by atoms with van der Waals surface area (Å²) in [5.41, 5.74) is 3.63. The van der Waals surface area contributed by atoms with Crippen molar-refractivity contribution in [2.45, 2.75) is 45.8 Å². The number of amides is 1. The van der Waals surface area contributed by atoms with Gasteiger partial charge in [0.05, 0.1) is 17.5 Å². The molecule has 1 aromatic carbocycles. The van der Waals surface area contributed by atoms with E-state index in [4.69, 9.17) is 5.73 Å². The van der Waals surface area contributed by atoms with E-state index in [2.05, 4.69) is 10.1 Å². The molecular formula is C18H23F3N4O. The van der Waals surface area contributed by atoms with Crippen LogP contribution in [0.5, 0.6) is 0 Å². The number of carbonyl (C=O) groups excluding carboxylic acids is 1. The first-order chi connectivity index (χ1) is 11.9. The zero-order valence-electron chi connectivity index (χ0n) is 15.2. The standard InChI is InChI=1S/C18H23F3N4O/c1-12(2)17(16(3,4)15(22)26,9-25-11-23-10-24-25)13-5-7-14(8-6-13)18(19,20)21/h5-8,10-12H,9H2,1-4H3,(H2,22,26)/t17-/m0/s1. The van der Waals surface area contributed by atoms with E-state index in [1.54, 1.807) is 18.5 Å². The average molecular weight is 368 g/mol. The van der Waals surface area contributed by atoms with Gasteiger partial charge in [-0.2, -0.15) is 18.3 Å². The van der Waals surface area contributed by atoms with Gasteiger partial charge in [0.25, 0.3) is 0 Å². The summed E-state index contributed by atoms with van der Waals surface area (Å²) in [7, 11) is 0. The Kier molecular flexibility index (Phi) is 5.17. The second-order valence-electron chi connectivity index (χ2n) is 7.28. The number of benzene rings is 1. The normalized spacial score (nSPS) is 15.1. The molecule has 0 bridgehead atoms. The summed E-state index contributed by atoms with van der Waals surface area (Å²) in [6.45, 7) is 7.51. The number of nitrogens with two attached hydrogens (primary N) is 1. The lowest BCUT2D eigenvalue weighted by Crippen LogP contribution is -2.55. The maximum atomic E-state index is 12.9. The smallest absolute Gasteiger partial charge is 0.369 e. The van der Waals surface area contributed by atoms with Crippen LogP contribution in [0.2, 0.25) is 0 Å². The van der Waals surface area contributed by atoms with Crippen molar-refractivity contribution in [1.82, 2.24) is 14.8 Å². The number of rotatable bonds is 6. The van der Waals surface area contributed by atoms with Crippen molar-refractivity contribution in [3.05, 3.63) is 48.0 Å². The van der Waals surface area contributed by atoms with Crippen LogP contribution in [0.15, 0.2) is 36.9 Å². The predicted octanol–water partition coefficient (Wildman–Crippen LogP) is 3.40. The van der Waals surface area contributed by atoms with Crippen LogP contribution in [0.1, 0.15) is 38.8 Å². The van der Waals surface area contributed by atoms with Crippen molar-refractivity contribution < 1.29 is 18.0 Å². The van der Waals surface area contributed by atoms with Gasteiger partial charge >= 0.3 is 6.18 Å². The van der Waals surface area contributed by atoms with Gasteiger partial charge in [0.15, 0.2) is 0 Å². The number of alkyl halides is 3. The Morgan fingerprint density at radius 3 is 2.08 bits per heavy atom. The zero-order valence-corrected chi connectivity index (χ0v) is 15.2. The molecule has 0 aliphatic heterocycles. The maximum absolute atomic E-state index is 12.9. The van der Waals surface area contributed by atoms with E-state index in [9.17, 15) is 18.0 Å². The lowest BCUT2D eigenvalue weighted by Gasteiger charge is -2.48. The number of nitrogens with zero attached hydrogens (tertiary/aromatic N) is 3. The molecule has 1 atom stereocenters. The third-order valence-electron chi connectivity index (χ3n) is 5.32. The van der Waals surface area contributed by atoms with Gasteiger partial charge in [0.2, 0.25) is 5.91 Å². The molecule has 0 saturated carbocycles. The molecule has 0 aliphatic carbocycles. The van der Waals surface area contributed by atoms with E-state index in [1.165, 1.54) is 24.8 Å². The molecule has 0 saturated heterocycles. The topological polar surface area (TPSA) is 73.8 Å². The second kappa shape index (κ2) is 6.74. The van der Waals surface area contributed by atoms with Gasteiger partial charge < -0.3 is 5.73 Å². The van der Waals surface area contributed by atoms with Crippen LogP contribution < -0.4 is 5.73 Å². The average Bonchev–Trinajstić information content (AvgIpc) is 3.04. The molecule has 2 rings (SSSR count). The van der Waals surface area contributed by atoms with E-state index in [1.807, 2.05) is 13.8 Å². The van der Waals surface area contributed by atoms with E-state index in [0.717, 1.165) is 12.1 Å². The van der Waals surface area contributed by atoms with Gasteiger partial charge in [0, 0.05) is 5.41 Å². The first-order valence-corrected chi connectivity index (χ1v) is 8.23.